The number of carbonyl (C=O) groups is 1. The van der Waals surface area contributed by atoms with Crippen molar-refractivity contribution in [2.45, 2.75) is 29.9 Å². The lowest BCUT2D eigenvalue weighted by Crippen LogP contribution is -2.03. The molecule has 0 saturated carbocycles. The first-order valence-electron chi connectivity index (χ1n) is 6.18. The number of aromatic nitrogens is 3. The fourth-order valence-electron chi connectivity index (χ4n) is 1.60. The summed E-state index contributed by atoms with van der Waals surface area (Å²) in [6.45, 7) is 3.88. The van der Waals surface area contributed by atoms with E-state index in [9.17, 15) is 4.79 Å². The van der Waals surface area contributed by atoms with Gasteiger partial charge in [-0.3, -0.25) is 0 Å². The van der Waals surface area contributed by atoms with Crippen LogP contribution < -0.4 is 11.5 Å². The molecule has 7 nitrogen and oxygen atoms in total. The second-order valence-electron chi connectivity index (χ2n) is 4.68. The summed E-state index contributed by atoms with van der Waals surface area (Å²) >= 11 is 1.12. The van der Waals surface area contributed by atoms with Crippen molar-refractivity contribution in [3.05, 3.63) is 29.5 Å². The first-order valence-corrected chi connectivity index (χ1v) is 7.00. The second-order valence-corrected chi connectivity index (χ2v) is 5.67. The van der Waals surface area contributed by atoms with Gasteiger partial charge >= 0.3 is 5.97 Å². The smallest absolute Gasteiger partial charge is 0.335 e. The van der Waals surface area contributed by atoms with Gasteiger partial charge < -0.3 is 16.6 Å². The van der Waals surface area contributed by atoms with Gasteiger partial charge in [0.25, 0.3) is 0 Å². The van der Waals surface area contributed by atoms with Crippen molar-refractivity contribution in [3.63, 3.8) is 0 Å². The van der Waals surface area contributed by atoms with Crippen LogP contribution in [0.15, 0.2) is 28.4 Å². The molecule has 0 atom stereocenters. The molecule has 0 saturated heterocycles. The maximum Gasteiger partial charge on any atom is 0.335 e. The van der Waals surface area contributed by atoms with Gasteiger partial charge in [0.1, 0.15) is 16.7 Å². The van der Waals surface area contributed by atoms with E-state index in [2.05, 4.69) is 15.0 Å². The SMILES string of the molecule is CC(C)c1cc(C(=O)O)cc(Sc2nc(N)cc(N)n2)n1. The Morgan fingerprint density at radius 2 is 1.76 bits per heavy atom. The van der Waals surface area contributed by atoms with Gasteiger partial charge in [-0.2, -0.15) is 0 Å². The van der Waals surface area contributed by atoms with E-state index >= 15 is 0 Å². The third kappa shape index (κ3) is 3.82. The molecule has 0 spiro atoms. The summed E-state index contributed by atoms with van der Waals surface area (Å²) in [5, 5.41) is 9.98. The lowest BCUT2D eigenvalue weighted by molar-refractivity contribution is 0.0696. The molecule has 2 aromatic heterocycles. The minimum absolute atomic E-state index is 0.107. The molecule has 0 amide bonds. The maximum absolute atomic E-state index is 11.2. The fraction of sp³-hybridized carbons (Fsp3) is 0.231. The first kappa shape index (κ1) is 15.0. The van der Waals surface area contributed by atoms with Gasteiger partial charge in [-0.15, -0.1) is 0 Å². The van der Waals surface area contributed by atoms with E-state index in [0.717, 1.165) is 11.8 Å². The van der Waals surface area contributed by atoms with Crippen LogP contribution in [-0.2, 0) is 0 Å². The van der Waals surface area contributed by atoms with Gasteiger partial charge in [0.15, 0.2) is 5.16 Å². The van der Waals surface area contributed by atoms with E-state index < -0.39 is 5.97 Å². The van der Waals surface area contributed by atoms with Crippen LogP contribution in [0.5, 0.6) is 0 Å². The fourth-order valence-corrected chi connectivity index (χ4v) is 2.42. The van der Waals surface area contributed by atoms with Gasteiger partial charge in [-0.1, -0.05) is 13.8 Å². The Balaban J connectivity index is 2.40. The van der Waals surface area contributed by atoms with E-state index in [1.54, 1.807) is 6.07 Å². The van der Waals surface area contributed by atoms with Crippen LogP contribution in [0.1, 0.15) is 35.8 Å². The monoisotopic (exact) mass is 305 g/mol. The van der Waals surface area contributed by atoms with Gasteiger partial charge in [-0.25, -0.2) is 19.7 Å². The van der Waals surface area contributed by atoms with Gasteiger partial charge in [0, 0.05) is 11.8 Å². The highest BCUT2D eigenvalue weighted by Gasteiger charge is 2.13. The largest absolute Gasteiger partial charge is 0.478 e. The number of rotatable bonds is 4. The average molecular weight is 305 g/mol. The molecule has 0 fully saturated rings. The van der Waals surface area contributed by atoms with Gasteiger partial charge in [-0.05, 0) is 29.8 Å². The predicted octanol–water partition coefficient (Wildman–Crippen LogP) is 2.01. The van der Waals surface area contributed by atoms with Crippen molar-refractivity contribution >= 4 is 29.4 Å². The first-order chi connectivity index (χ1) is 9.85. The molecule has 0 aliphatic carbocycles. The number of pyridine rings is 1. The van der Waals surface area contributed by atoms with E-state index in [4.69, 9.17) is 16.6 Å². The third-order valence-corrected chi connectivity index (χ3v) is 3.38. The molecule has 0 aromatic carbocycles. The number of anilines is 2. The molecule has 0 unspecified atom stereocenters. The molecule has 0 bridgehead atoms. The molecule has 8 heteroatoms. The summed E-state index contributed by atoms with van der Waals surface area (Å²) in [5.41, 5.74) is 12.1. The lowest BCUT2D eigenvalue weighted by Gasteiger charge is -2.09. The molecule has 0 aliphatic heterocycles. The zero-order valence-electron chi connectivity index (χ0n) is 11.6. The van der Waals surface area contributed by atoms with E-state index in [1.165, 1.54) is 12.1 Å². The number of nitrogens with two attached hydrogens (primary N) is 2. The number of carboxylic acids is 1. The zero-order chi connectivity index (χ0) is 15.6. The molecular weight excluding hydrogens is 290 g/mol. The highest BCUT2D eigenvalue weighted by Crippen LogP contribution is 2.27. The molecule has 5 N–H and O–H groups in total. The van der Waals surface area contributed by atoms with Crippen LogP contribution in [0.25, 0.3) is 0 Å². The van der Waals surface area contributed by atoms with E-state index in [1.807, 2.05) is 13.8 Å². The summed E-state index contributed by atoms with van der Waals surface area (Å²) in [6.07, 6.45) is 0. The van der Waals surface area contributed by atoms with Crippen LogP contribution in [0.3, 0.4) is 0 Å². The minimum Gasteiger partial charge on any atom is -0.478 e. The van der Waals surface area contributed by atoms with Crippen molar-refractivity contribution in [1.82, 2.24) is 15.0 Å². The summed E-state index contributed by atoms with van der Waals surface area (Å²) in [5.74, 6) is -0.392. The summed E-state index contributed by atoms with van der Waals surface area (Å²) in [7, 11) is 0. The topological polar surface area (TPSA) is 128 Å². The van der Waals surface area contributed by atoms with Crippen LogP contribution >= 0.6 is 11.8 Å². The van der Waals surface area contributed by atoms with Crippen molar-refractivity contribution in [3.8, 4) is 0 Å². The molecule has 0 radical (unpaired) electrons. The molecule has 0 aliphatic rings. The Morgan fingerprint density at radius 1 is 1.14 bits per heavy atom. The van der Waals surface area contributed by atoms with Crippen LogP contribution in [-0.4, -0.2) is 26.0 Å². The minimum atomic E-state index is -1.01. The molecular formula is C13H15N5O2S. The molecule has 2 heterocycles. The van der Waals surface area contributed by atoms with Gasteiger partial charge in [0.05, 0.1) is 5.56 Å². The maximum atomic E-state index is 11.2. The Bertz CT molecular complexity index is 670. The summed E-state index contributed by atoms with van der Waals surface area (Å²) < 4.78 is 0. The van der Waals surface area contributed by atoms with Crippen molar-refractivity contribution in [2.75, 3.05) is 11.5 Å². The van der Waals surface area contributed by atoms with Crippen LogP contribution in [0.2, 0.25) is 0 Å². The van der Waals surface area contributed by atoms with E-state index in [0.29, 0.717) is 15.9 Å². The molecule has 2 aromatic rings. The number of carboxylic acid groups (broad SMARTS) is 1. The number of nitrogen functional groups attached to an aromatic ring is 2. The zero-order valence-corrected chi connectivity index (χ0v) is 12.4. The highest BCUT2D eigenvalue weighted by atomic mass is 32.2. The van der Waals surface area contributed by atoms with Crippen LogP contribution in [0.4, 0.5) is 11.6 Å². The van der Waals surface area contributed by atoms with Gasteiger partial charge in [0.2, 0.25) is 0 Å². The Kier molecular flexibility index (Phi) is 4.27. The number of aromatic carboxylic acids is 1. The highest BCUT2D eigenvalue weighted by molar-refractivity contribution is 7.99. The van der Waals surface area contributed by atoms with Crippen molar-refractivity contribution < 1.29 is 9.90 Å². The standard InChI is InChI=1S/C13H15N5O2S/c1-6(2)8-3-7(12(19)20)4-11(16-8)21-13-17-9(14)5-10(15)18-13/h3-6H,1-2H3,(H,19,20)(H4,14,15,17,18). The van der Waals surface area contributed by atoms with Crippen molar-refractivity contribution in [2.24, 2.45) is 0 Å². The summed E-state index contributed by atoms with van der Waals surface area (Å²) in [4.78, 5) is 23.7. The number of nitrogens with zero attached hydrogens (tertiary/aromatic N) is 3. The second kappa shape index (κ2) is 5.96. The lowest BCUT2D eigenvalue weighted by atomic mass is 10.1. The predicted molar refractivity (Wildman–Crippen MR) is 80.3 cm³/mol. The Labute approximate surface area is 125 Å². The Hall–Kier alpha value is -2.35. The third-order valence-electron chi connectivity index (χ3n) is 2.60. The number of hydrogen-bond acceptors (Lipinski definition) is 7. The van der Waals surface area contributed by atoms with E-state index in [-0.39, 0.29) is 23.1 Å². The Morgan fingerprint density at radius 3 is 2.29 bits per heavy atom. The summed E-state index contributed by atoms with van der Waals surface area (Å²) in [6, 6.07) is 4.48. The number of hydrogen-bond donors (Lipinski definition) is 3. The molecule has 110 valence electrons. The van der Waals surface area contributed by atoms with Crippen molar-refractivity contribution in [1.29, 1.82) is 0 Å². The quantitative estimate of drug-likeness (QED) is 0.732. The van der Waals surface area contributed by atoms with Crippen LogP contribution in [0, 0.1) is 0 Å². The normalized spacial score (nSPS) is 10.8. The molecule has 2 rings (SSSR count). The molecule has 21 heavy (non-hydrogen) atoms. The average Bonchev–Trinajstić information content (AvgIpc) is 2.36.